The predicted octanol–water partition coefficient (Wildman–Crippen LogP) is 0.893. The zero-order chi connectivity index (χ0) is 14.5. The summed E-state index contributed by atoms with van der Waals surface area (Å²) in [6, 6.07) is 7.21. The quantitative estimate of drug-likeness (QED) is 0.889. The van der Waals surface area contributed by atoms with Crippen LogP contribution < -0.4 is 4.74 Å². The average Bonchev–Trinajstić information content (AvgIpc) is 2.46. The van der Waals surface area contributed by atoms with Gasteiger partial charge in [0.05, 0.1) is 6.10 Å². The fourth-order valence-electron chi connectivity index (χ4n) is 2.16. The summed E-state index contributed by atoms with van der Waals surface area (Å²) in [6.07, 6.45) is -0.535. The second-order valence-electron chi connectivity index (χ2n) is 5.22. The van der Waals surface area contributed by atoms with Gasteiger partial charge < -0.3 is 19.6 Å². The molecule has 1 heterocycles. The second-order valence-corrected chi connectivity index (χ2v) is 5.22. The number of hydrogen-bond acceptors (Lipinski definition) is 4. The number of carbonyl (C=O) groups excluding carboxylic acids is 1. The number of likely N-dealkylation sites (N-methyl/N-ethyl adjacent to an activating group) is 1. The topological polar surface area (TPSA) is 53.0 Å². The molecule has 1 saturated heterocycles. The molecular weight excluding hydrogens is 256 g/mol. The highest BCUT2D eigenvalue weighted by Crippen LogP contribution is 2.18. The van der Waals surface area contributed by atoms with E-state index < -0.39 is 6.10 Å². The van der Waals surface area contributed by atoms with Crippen molar-refractivity contribution in [3.8, 4) is 5.75 Å². The molecule has 0 aliphatic carbocycles. The van der Waals surface area contributed by atoms with E-state index in [1.165, 1.54) is 0 Å². The van der Waals surface area contributed by atoms with Gasteiger partial charge in [-0.3, -0.25) is 4.79 Å². The van der Waals surface area contributed by atoms with Crippen LogP contribution in [0.15, 0.2) is 24.3 Å². The molecule has 0 spiro atoms. The maximum absolute atomic E-state index is 12.0. The van der Waals surface area contributed by atoms with E-state index >= 15 is 0 Å². The minimum atomic E-state index is -0.535. The van der Waals surface area contributed by atoms with Crippen LogP contribution in [-0.4, -0.2) is 60.6 Å². The van der Waals surface area contributed by atoms with E-state index in [0.29, 0.717) is 5.75 Å². The number of ether oxygens (including phenoxy) is 1. The summed E-state index contributed by atoms with van der Waals surface area (Å²) < 4.78 is 5.52. The summed E-state index contributed by atoms with van der Waals surface area (Å²) >= 11 is 0. The van der Waals surface area contributed by atoms with Gasteiger partial charge in [0.1, 0.15) is 5.75 Å². The molecule has 110 valence electrons. The normalized spacial score (nSPS) is 17.9. The lowest BCUT2D eigenvalue weighted by molar-refractivity contribution is -0.134. The molecule has 0 radical (unpaired) electrons. The minimum Gasteiger partial charge on any atom is -0.484 e. The lowest BCUT2D eigenvalue weighted by atomic mass is 10.1. The van der Waals surface area contributed by atoms with Crippen LogP contribution in [0.2, 0.25) is 0 Å². The van der Waals surface area contributed by atoms with Gasteiger partial charge in [-0.05, 0) is 31.7 Å². The number of benzene rings is 1. The second kappa shape index (κ2) is 6.72. The van der Waals surface area contributed by atoms with Crippen LogP contribution in [0.3, 0.4) is 0 Å². The van der Waals surface area contributed by atoms with Crippen molar-refractivity contribution in [2.24, 2.45) is 0 Å². The molecule has 1 aliphatic heterocycles. The monoisotopic (exact) mass is 278 g/mol. The third-order valence-electron chi connectivity index (χ3n) is 3.56. The Labute approximate surface area is 119 Å². The van der Waals surface area contributed by atoms with Crippen molar-refractivity contribution in [3.63, 3.8) is 0 Å². The van der Waals surface area contributed by atoms with Gasteiger partial charge in [0.15, 0.2) is 6.61 Å². The Balaban J connectivity index is 1.85. The lowest BCUT2D eigenvalue weighted by Crippen LogP contribution is -2.48. The number of nitrogens with zero attached hydrogens (tertiary/aromatic N) is 2. The maximum atomic E-state index is 12.0. The molecule has 2 rings (SSSR count). The van der Waals surface area contributed by atoms with Crippen LogP contribution in [0.4, 0.5) is 0 Å². The number of piperazine rings is 1. The first kappa shape index (κ1) is 14.8. The standard InChI is InChI=1S/C15H22N2O3/c1-12(18)13-4-3-5-14(10-13)20-11-15(19)17-8-6-16(2)7-9-17/h3-5,10,12,18H,6-9,11H2,1-2H3. The molecule has 5 heteroatoms. The molecule has 1 aromatic carbocycles. The van der Waals surface area contributed by atoms with E-state index in [2.05, 4.69) is 11.9 Å². The molecule has 0 aromatic heterocycles. The van der Waals surface area contributed by atoms with Gasteiger partial charge in [0, 0.05) is 26.2 Å². The van der Waals surface area contributed by atoms with Crippen LogP contribution in [-0.2, 0) is 4.79 Å². The Hall–Kier alpha value is -1.59. The summed E-state index contributed by atoms with van der Waals surface area (Å²) in [5.74, 6) is 0.631. The van der Waals surface area contributed by atoms with Crippen LogP contribution in [0.25, 0.3) is 0 Å². The summed E-state index contributed by atoms with van der Waals surface area (Å²) in [5.41, 5.74) is 0.787. The SMILES string of the molecule is CC(O)c1cccc(OCC(=O)N2CCN(C)CC2)c1. The average molecular weight is 278 g/mol. The van der Waals surface area contributed by atoms with Gasteiger partial charge >= 0.3 is 0 Å². The first-order valence-electron chi connectivity index (χ1n) is 6.93. The Morgan fingerprint density at radius 3 is 2.70 bits per heavy atom. The van der Waals surface area contributed by atoms with E-state index in [0.717, 1.165) is 31.7 Å². The molecule has 1 fully saturated rings. The number of amides is 1. The fraction of sp³-hybridized carbons (Fsp3) is 0.533. The van der Waals surface area contributed by atoms with E-state index in [-0.39, 0.29) is 12.5 Å². The van der Waals surface area contributed by atoms with Crippen molar-refractivity contribution >= 4 is 5.91 Å². The number of carbonyl (C=O) groups is 1. The Morgan fingerprint density at radius 2 is 2.05 bits per heavy atom. The predicted molar refractivity (Wildman–Crippen MR) is 76.6 cm³/mol. The van der Waals surface area contributed by atoms with Crippen LogP contribution in [0, 0.1) is 0 Å². The molecule has 20 heavy (non-hydrogen) atoms. The molecule has 1 N–H and O–H groups in total. The largest absolute Gasteiger partial charge is 0.484 e. The number of aliphatic hydroxyl groups is 1. The number of aliphatic hydroxyl groups excluding tert-OH is 1. The smallest absolute Gasteiger partial charge is 0.260 e. The minimum absolute atomic E-state index is 0.0144. The van der Waals surface area contributed by atoms with E-state index in [9.17, 15) is 9.90 Å². The first-order chi connectivity index (χ1) is 9.56. The highest BCUT2D eigenvalue weighted by Gasteiger charge is 2.19. The lowest BCUT2D eigenvalue weighted by Gasteiger charge is -2.32. The molecule has 1 aromatic rings. The molecule has 1 atom stereocenters. The zero-order valence-corrected chi connectivity index (χ0v) is 12.1. The highest BCUT2D eigenvalue weighted by molar-refractivity contribution is 5.77. The molecular formula is C15H22N2O3. The molecule has 5 nitrogen and oxygen atoms in total. The number of rotatable bonds is 4. The Kier molecular flexibility index (Phi) is 4.98. The van der Waals surface area contributed by atoms with Crippen LogP contribution in [0.5, 0.6) is 5.75 Å². The molecule has 1 aliphatic rings. The van der Waals surface area contributed by atoms with Crippen molar-refractivity contribution in [1.82, 2.24) is 9.80 Å². The van der Waals surface area contributed by atoms with E-state index in [1.807, 2.05) is 17.0 Å². The first-order valence-corrected chi connectivity index (χ1v) is 6.93. The third-order valence-corrected chi connectivity index (χ3v) is 3.56. The summed E-state index contributed by atoms with van der Waals surface area (Å²) in [6.45, 7) is 5.08. The van der Waals surface area contributed by atoms with Gasteiger partial charge in [-0.15, -0.1) is 0 Å². The van der Waals surface area contributed by atoms with Gasteiger partial charge in [0.25, 0.3) is 5.91 Å². The van der Waals surface area contributed by atoms with Crippen molar-refractivity contribution in [3.05, 3.63) is 29.8 Å². The van der Waals surface area contributed by atoms with Gasteiger partial charge in [0.2, 0.25) is 0 Å². The fourth-order valence-corrected chi connectivity index (χ4v) is 2.16. The van der Waals surface area contributed by atoms with E-state index in [4.69, 9.17) is 4.74 Å². The van der Waals surface area contributed by atoms with Gasteiger partial charge in [-0.2, -0.15) is 0 Å². The molecule has 1 unspecified atom stereocenters. The van der Waals surface area contributed by atoms with Crippen molar-refractivity contribution in [1.29, 1.82) is 0 Å². The third kappa shape index (κ3) is 3.95. The maximum Gasteiger partial charge on any atom is 0.260 e. The van der Waals surface area contributed by atoms with Gasteiger partial charge in [-0.25, -0.2) is 0 Å². The zero-order valence-electron chi connectivity index (χ0n) is 12.1. The highest BCUT2D eigenvalue weighted by atomic mass is 16.5. The summed E-state index contributed by atoms with van der Waals surface area (Å²) in [7, 11) is 2.06. The molecule has 0 bridgehead atoms. The Morgan fingerprint density at radius 1 is 1.35 bits per heavy atom. The molecule has 1 amide bonds. The number of hydrogen-bond donors (Lipinski definition) is 1. The van der Waals surface area contributed by atoms with Crippen LogP contribution in [0.1, 0.15) is 18.6 Å². The van der Waals surface area contributed by atoms with Crippen LogP contribution >= 0.6 is 0 Å². The molecule has 0 saturated carbocycles. The Bertz CT molecular complexity index is 454. The van der Waals surface area contributed by atoms with Crippen molar-refractivity contribution in [2.75, 3.05) is 39.8 Å². The van der Waals surface area contributed by atoms with Gasteiger partial charge in [-0.1, -0.05) is 12.1 Å². The summed E-state index contributed by atoms with van der Waals surface area (Å²) in [5, 5.41) is 9.52. The van der Waals surface area contributed by atoms with Crippen molar-refractivity contribution in [2.45, 2.75) is 13.0 Å². The van der Waals surface area contributed by atoms with E-state index in [1.54, 1.807) is 19.1 Å². The van der Waals surface area contributed by atoms with Crippen molar-refractivity contribution < 1.29 is 14.6 Å². The summed E-state index contributed by atoms with van der Waals surface area (Å²) in [4.78, 5) is 16.1.